The van der Waals surface area contributed by atoms with Crippen molar-refractivity contribution in [3.8, 4) is 0 Å². The maximum atomic E-state index is 12.0. The van der Waals surface area contributed by atoms with Crippen LogP contribution in [0.1, 0.15) is 24.0 Å². The second-order valence-corrected chi connectivity index (χ2v) is 7.00. The Morgan fingerprint density at radius 2 is 2.15 bits per heavy atom. The highest BCUT2D eigenvalue weighted by Gasteiger charge is 2.17. The lowest BCUT2D eigenvalue weighted by atomic mass is 10.1. The van der Waals surface area contributed by atoms with Gasteiger partial charge in [0.15, 0.2) is 0 Å². The van der Waals surface area contributed by atoms with E-state index < -0.39 is 10.0 Å². The van der Waals surface area contributed by atoms with E-state index in [0.717, 1.165) is 37.2 Å². The quantitative estimate of drug-likeness (QED) is 0.786. The zero-order valence-electron chi connectivity index (χ0n) is 11.5. The smallest absolute Gasteiger partial charge is 0.215 e. The Labute approximate surface area is 120 Å². The Morgan fingerprint density at radius 1 is 1.35 bits per heavy atom. The van der Waals surface area contributed by atoms with E-state index in [-0.39, 0.29) is 5.75 Å². The molecule has 0 aromatic heterocycles. The molecule has 6 heteroatoms. The van der Waals surface area contributed by atoms with E-state index in [0.29, 0.717) is 19.0 Å². The molecule has 3 N–H and O–H groups in total. The number of nitrogens with one attached hydrogen (secondary N) is 1. The molecule has 1 unspecified atom stereocenters. The van der Waals surface area contributed by atoms with E-state index in [1.54, 1.807) is 0 Å². The molecule has 1 heterocycles. The monoisotopic (exact) mass is 298 g/mol. The number of hydrogen-bond acceptors (Lipinski definition) is 4. The predicted molar refractivity (Wildman–Crippen MR) is 78.5 cm³/mol. The zero-order chi connectivity index (χ0) is 14.4. The van der Waals surface area contributed by atoms with Gasteiger partial charge in [0.1, 0.15) is 0 Å². The van der Waals surface area contributed by atoms with Crippen LogP contribution in [0.3, 0.4) is 0 Å². The third kappa shape index (κ3) is 4.86. The number of nitrogens with two attached hydrogens (primary N) is 1. The molecule has 1 aromatic rings. The lowest BCUT2D eigenvalue weighted by molar-refractivity contribution is 0.184. The summed E-state index contributed by atoms with van der Waals surface area (Å²) in [6.07, 6.45) is 1.86. The Morgan fingerprint density at radius 3 is 2.85 bits per heavy atom. The predicted octanol–water partition coefficient (Wildman–Crippen LogP) is 0.991. The van der Waals surface area contributed by atoms with Crippen molar-refractivity contribution in [3.63, 3.8) is 0 Å². The van der Waals surface area contributed by atoms with Gasteiger partial charge in [-0.15, -0.1) is 0 Å². The fourth-order valence-corrected chi connectivity index (χ4v) is 3.50. The normalized spacial score (nSPS) is 19.4. The fourth-order valence-electron chi connectivity index (χ4n) is 2.35. The van der Waals surface area contributed by atoms with E-state index >= 15 is 0 Å². The molecule has 1 aliphatic heterocycles. The molecule has 1 fully saturated rings. The standard InChI is InChI=1S/C14H22N2O3S/c15-9-13-2-1-3-14(8-13)11-20(17,18)16-6-4-12-5-7-19-10-12/h1-3,8,12,16H,4-7,9-11,15H2. The molecule has 1 saturated heterocycles. The second-order valence-electron chi connectivity index (χ2n) is 5.20. The van der Waals surface area contributed by atoms with Crippen molar-refractivity contribution in [3.05, 3.63) is 35.4 Å². The molecule has 0 aliphatic carbocycles. The average Bonchev–Trinajstić information content (AvgIpc) is 2.91. The first kappa shape index (κ1) is 15.4. The van der Waals surface area contributed by atoms with Crippen LogP contribution in [0.2, 0.25) is 0 Å². The Bertz CT molecular complexity index is 525. The summed E-state index contributed by atoms with van der Waals surface area (Å²) in [7, 11) is -3.28. The van der Waals surface area contributed by atoms with Crippen molar-refractivity contribution in [2.45, 2.75) is 25.1 Å². The molecule has 0 saturated carbocycles. The van der Waals surface area contributed by atoms with Gasteiger partial charge in [-0.25, -0.2) is 13.1 Å². The maximum absolute atomic E-state index is 12.0. The van der Waals surface area contributed by atoms with Crippen LogP contribution in [0.15, 0.2) is 24.3 Å². The van der Waals surface area contributed by atoms with Gasteiger partial charge >= 0.3 is 0 Å². The molecule has 5 nitrogen and oxygen atoms in total. The first-order chi connectivity index (χ1) is 9.59. The zero-order valence-corrected chi connectivity index (χ0v) is 12.4. The summed E-state index contributed by atoms with van der Waals surface area (Å²) in [4.78, 5) is 0. The largest absolute Gasteiger partial charge is 0.381 e. The minimum absolute atomic E-state index is 0.00199. The molecule has 1 aromatic carbocycles. The Balaban J connectivity index is 1.83. The summed E-state index contributed by atoms with van der Waals surface area (Å²) < 4.78 is 31.9. The van der Waals surface area contributed by atoms with Crippen LogP contribution < -0.4 is 10.5 Å². The molecule has 0 spiro atoms. The molecule has 20 heavy (non-hydrogen) atoms. The maximum Gasteiger partial charge on any atom is 0.215 e. The van der Waals surface area contributed by atoms with Gasteiger partial charge < -0.3 is 10.5 Å². The summed E-state index contributed by atoms with van der Waals surface area (Å²) in [5.74, 6) is 0.486. The number of hydrogen-bond donors (Lipinski definition) is 2. The van der Waals surface area contributed by atoms with Crippen LogP contribution in [-0.4, -0.2) is 28.2 Å². The van der Waals surface area contributed by atoms with Crippen LogP contribution in [0, 0.1) is 5.92 Å². The summed E-state index contributed by atoms with van der Waals surface area (Å²) >= 11 is 0. The molecule has 0 bridgehead atoms. The first-order valence-corrected chi connectivity index (χ1v) is 8.57. The lowest BCUT2D eigenvalue weighted by Gasteiger charge is -2.10. The third-order valence-corrected chi connectivity index (χ3v) is 4.84. The summed E-state index contributed by atoms with van der Waals surface area (Å²) in [5.41, 5.74) is 7.27. The molecular formula is C14H22N2O3S. The van der Waals surface area contributed by atoms with Crippen LogP contribution in [-0.2, 0) is 27.1 Å². The molecule has 0 amide bonds. The SMILES string of the molecule is NCc1cccc(CS(=O)(=O)NCCC2CCOC2)c1. The van der Waals surface area contributed by atoms with Crippen LogP contribution >= 0.6 is 0 Å². The third-order valence-electron chi connectivity index (χ3n) is 3.48. The molecule has 2 rings (SSSR count). The Kier molecular flexibility index (Phi) is 5.54. The van der Waals surface area contributed by atoms with Crippen molar-refractivity contribution in [2.24, 2.45) is 11.7 Å². The van der Waals surface area contributed by atoms with Gasteiger partial charge in [0.25, 0.3) is 0 Å². The van der Waals surface area contributed by atoms with Crippen molar-refractivity contribution < 1.29 is 13.2 Å². The van der Waals surface area contributed by atoms with E-state index in [1.807, 2.05) is 24.3 Å². The van der Waals surface area contributed by atoms with Gasteiger partial charge in [0, 0.05) is 26.3 Å². The minimum atomic E-state index is -3.28. The molecule has 1 atom stereocenters. The van der Waals surface area contributed by atoms with Gasteiger partial charge in [0.2, 0.25) is 10.0 Å². The van der Waals surface area contributed by atoms with Crippen LogP contribution in [0.5, 0.6) is 0 Å². The lowest BCUT2D eigenvalue weighted by Crippen LogP contribution is -2.27. The topological polar surface area (TPSA) is 81.4 Å². The van der Waals surface area contributed by atoms with Gasteiger partial charge in [-0.3, -0.25) is 0 Å². The van der Waals surface area contributed by atoms with Crippen molar-refractivity contribution in [1.29, 1.82) is 0 Å². The van der Waals surface area contributed by atoms with Crippen LogP contribution in [0.25, 0.3) is 0 Å². The van der Waals surface area contributed by atoms with Gasteiger partial charge in [-0.2, -0.15) is 0 Å². The van der Waals surface area contributed by atoms with E-state index in [2.05, 4.69) is 4.72 Å². The molecule has 112 valence electrons. The number of rotatable bonds is 7. The highest BCUT2D eigenvalue weighted by molar-refractivity contribution is 7.88. The number of benzene rings is 1. The van der Waals surface area contributed by atoms with Crippen molar-refractivity contribution >= 4 is 10.0 Å². The van der Waals surface area contributed by atoms with Gasteiger partial charge in [-0.05, 0) is 29.9 Å². The number of sulfonamides is 1. The van der Waals surface area contributed by atoms with Gasteiger partial charge in [-0.1, -0.05) is 24.3 Å². The number of ether oxygens (including phenoxy) is 1. The summed E-state index contributed by atoms with van der Waals surface area (Å²) in [6, 6.07) is 7.37. The average molecular weight is 298 g/mol. The highest BCUT2D eigenvalue weighted by Crippen LogP contribution is 2.15. The van der Waals surface area contributed by atoms with Crippen LogP contribution in [0.4, 0.5) is 0 Å². The van der Waals surface area contributed by atoms with E-state index in [4.69, 9.17) is 10.5 Å². The van der Waals surface area contributed by atoms with Crippen molar-refractivity contribution in [2.75, 3.05) is 19.8 Å². The molecule has 1 aliphatic rings. The van der Waals surface area contributed by atoms with Gasteiger partial charge in [0.05, 0.1) is 5.75 Å². The highest BCUT2D eigenvalue weighted by atomic mass is 32.2. The van der Waals surface area contributed by atoms with Crippen molar-refractivity contribution in [1.82, 2.24) is 4.72 Å². The minimum Gasteiger partial charge on any atom is -0.381 e. The second kappa shape index (κ2) is 7.17. The Hall–Kier alpha value is -0.950. The summed E-state index contributed by atoms with van der Waals surface area (Å²) in [6.45, 7) is 2.44. The molecular weight excluding hydrogens is 276 g/mol. The fraction of sp³-hybridized carbons (Fsp3) is 0.571. The molecule has 0 radical (unpaired) electrons. The van der Waals surface area contributed by atoms with E-state index in [1.165, 1.54) is 0 Å². The van der Waals surface area contributed by atoms with E-state index in [9.17, 15) is 8.42 Å². The first-order valence-electron chi connectivity index (χ1n) is 6.92. The summed E-state index contributed by atoms with van der Waals surface area (Å²) in [5, 5.41) is 0.